The van der Waals surface area contributed by atoms with E-state index in [-0.39, 0.29) is 47.6 Å². The number of carbonyl (C=O) groups is 2. The van der Waals surface area contributed by atoms with Crippen LogP contribution in [0.2, 0.25) is 10.0 Å². The summed E-state index contributed by atoms with van der Waals surface area (Å²) in [7, 11) is -4.91. The standard InChI is InChI=1S/C48H46Cl2O8P2/c1-31-35(29-57-47-23-45(37(25-51)21-43(47)49)55-27-33-11-7-15-39(19-33)59(3,4)53)13-9-17-41(31)42-18-10-14-36(32(42)2)30-58-48-24-46(38(26-52)22-44(48)50)56-28-34-12-8-16-40(20-34)60(5,6)54/h7-26H,27-30H2,1-6H3. The van der Waals surface area contributed by atoms with Crippen molar-refractivity contribution in [1.29, 1.82) is 0 Å². The Hall–Kier alpha value is -5.10. The molecule has 6 rings (SSSR count). The average molecular weight is 884 g/mol. The maximum absolute atomic E-state index is 12.6. The highest BCUT2D eigenvalue weighted by Gasteiger charge is 2.18. The van der Waals surface area contributed by atoms with Gasteiger partial charge in [-0.3, -0.25) is 9.59 Å². The summed E-state index contributed by atoms with van der Waals surface area (Å²) < 4.78 is 49.8. The van der Waals surface area contributed by atoms with Gasteiger partial charge >= 0.3 is 0 Å². The Labute approximate surface area is 361 Å². The summed E-state index contributed by atoms with van der Waals surface area (Å²) in [5.74, 6) is 1.38. The van der Waals surface area contributed by atoms with Gasteiger partial charge in [0.1, 0.15) is 63.7 Å². The molecular formula is C48H46Cl2O8P2. The normalized spacial score (nSPS) is 11.5. The van der Waals surface area contributed by atoms with Gasteiger partial charge in [-0.05, 0) is 109 Å². The van der Waals surface area contributed by atoms with E-state index in [0.717, 1.165) is 55.1 Å². The summed E-state index contributed by atoms with van der Waals surface area (Å²) in [4.78, 5) is 23.9. The lowest BCUT2D eigenvalue weighted by atomic mass is 9.92. The monoisotopic (exact) mass is 882 g/mol. The molecule has 0 atom stereocenters. The highest BCUT2D eigenvalue weighted by atomic mass is 35.5. The Kier molecular flexibility index (Phi) is 14.1. The topological polar surface area (TPSA) is 105 Å². The molecule has 0 heterocycles. The molecule has 12 heteroatoms. The van der Waals surface area contributed by atoms with Gasteiger partial charge in [-0.15, -0.1) is 0 Å². The number of hydrogen-bond donors (Lipinski definition) is 0. The van der Waals surface area contributed by atoms with Crippen molar-refractivity contribution in [3.05, 3.63) is 164 Å². The number of halogens is 2. The van der Waals surface area contributed by atoms with Crippen LogP contribution in [0.25, 0.3) is 11.1 Å². The van der Waals surface area contributed by atoms with Gasteiger partial charge in [0.15, 0.2) is 12.6 Å². The van der Waals surface area contributed by atoms with Crippen molar-refractivity contribution in [2.75, 3.05) is 26.7 Å². The van der Waals surface area contributed by atoms with Crippen LogP contribution in [0.1, 0.15) is 54.1 Å². The number of ether oxygens (including phenoxy) is 4. The first-order valence-corrected chi connectivity index (χ1v) is 25.1. The predicted molar refractivity (Wildman–Crippen MR) is 243 cm³/mol. The molecule has 0 bridgehead atoms. The maximum atomic E-state index is 12.6. The van der Waals surface area contributed by atoms with Crippen LogP contribution in [0.15, 0.2) is 109 Å². The van der Waals surface area contributed by atoms with Crippen LogP contribution in [0, 0.1) is 13.8 Å². The van der Waals surface area contributed by atoms with Crippen LogP contribution in [0.3, 0.4) is 0 Å². The second kappa shape index (κ2) is 19.1. The van der Waals surface area contributed by atoms with Crippen LogP contribution in [0.5, 0.6) is 23.0 Å². The van der Waals surface area contributed by atoms with Crippen molar-refractivity contribution in [2.24, 2.45) is 0 Å². The van der Waals surface area contributed by atoms with Crippen LogP contribution in [-0.4, -0.2) is 39.2 Å². The molecular weight excluding hydrogens is 837 g/mol. The number of aldehydes is 2. The zero-order valence-electron chi connectivity index (χ0n) is 34.3. The number of benzene rings is 6. The molecule has 0 aromatic heterocycles. The van der Waals surface area contributed by atoms with Gasteiger partial charge in [0.05, 0.1) is 21.2 Å². The van der Waals surface area contributed by atoms with Crippen molar-refractivity contribution in [2.45, 2.75) is 40.3 Å². The van der Waals surface area contributed by atoms with Crippen molar-refractivity contribution in [3.63, 3.8) is 0 Å². The lowest BCUT2D eigenvalue weighted by molar-refractivity contribution is 0.111. The van der Waals surface area contributed by atoms with Crippen LogP contribution in [0.4, 0.5) is 0 Å². The van der Waals surface area contributed by atoms with Gasteiger partial charge in [0.2, 0.25) is 0 Å². The molecule has 0 fully saturated rings. The fourth-order valence-corrected chi connectivity index (χ4v) is 8.91. The summed E-state index contributed by atoms with van der Waals surface area (Å²) >= 11 is 13.2. The van der Waals surface area contributed by atoms with E-state index in [1.54, 1.807) is 38.8 Å². The van der Waals surface area contributed by atoms with Gasteiger partial charge in [-0.2, -0.15) is 0 Å². The minimum Gasteiger partial charge on any atom is -0.488 e. The molecule has 0 unspecified atom stereocenters. The first kappa shape index (κ1) is 44.5. The summed E-state index contributed by atoms with van der Waals surface area (Å²) in [6.45, 7) is 11.7. The van der Waals surface area contributed by atoms with Crippen molar-refractivity contribution < 1.29 is 37.7 Å². The van der Waals surface area contributed by atoms with Crippen LogP contribution in [-0.2, 0) is 35.6 Å². The largest absolute Gasteiger partial charge is 0.488 e. The van der Waals surface area contributed by atoms with E-state index in [0.29, 0.717) is 35.6 Å². The molecule has 0 saturated heterocycles. The van der Waals surface area contributed by atoms with Gasteiger partial charge in [0, 0.05) is 22.7 Å². The van der Waals surface area contributed by atoms with Gasteiger partial charge in [-0.1, -0.05) is 96.0 Å². The smallest absolute Gasteiger partial charge is 0.153 e. The van der Waals surface area contributed by atoms with E-state index >= 15 is 0 Å². The van der Waals surface area contributed by atoms with E-state index in [2.05, 4.69) is 12.1 Å². The van der Waals surface area contributed by atoms with E-state index in [1.807, 2.05) is 86.6 Å². The molecule has 8 nitrogen and oxygen atoms in total. The quantitative estimate of drug-likeness (QED) is 0.0659. The highest BCUT2D eigenvalue weighted by Crippen LogP contribution is 2.38. The molecule has 0 amide bonds. The summed E-state index contributed by atoms with van der Waals surface area (Å²) in [5.41, 5.74) is 8.15. The number of rotatable bonds is 17. The zero-order chi connectivity index (χ0) is 43.2. The lowest BCUT2D eigenvalue weighted by Gasteiger charge is -2.18. The fourth-order valence-electron chi connectivity index (χ4n) is 6.61. The number of carbonyl (C=O) groups excluding carboxylic acids is 2. The summed E-state index contributed by atoms with van der Waals surface area (Å²) in [6.07, 6.45) is 1.38. The summed E-state index contributed by atoms with van der Waals surface area (Å²) in [6, 6.07) is 33.2. The SMILES string of the molecule is Cc1c(COc2cc(OCc3cccc(P(C)(C)=O)c3)c(C=O)cc2Cl)cccc1-c1cccc(COc2cc(OCc3cccc(P(C)(C)=O)c3)c(C=O)cc2Cl)c1C. The molecule has 60 heavy (non-hydrogen) atoms. The predicted octanol–water partition coefficient (Wildman–Crippen LogP) is 11.7. The van der Waals surface area contributed by atoms with Crippen LogP contribution >= 0.6 is 37.5 Å². The third kappa shape index (κ3) is 10.8. The van der Waals surface area contributed by atoms with E-state index in [1.165, 1.54) is 12.1 Å². The molecule has 310 valence electrons. The van der Waals surface area contributed by atoms with Crippen LogP contribution < -0.4 is 29.6 Å². The molecule has 0 saturated carbocycles. The second-order valence-corrected chi connectivity index (χ2v) is 22.5. The Bertz CT molecular complexity index is 2480. The highest BCUT2D eigenvalue weighted by molar-refractivity contribution is 7.70. The fraction of sp³-hybridized carbons (Fsp3) is 0.208. The van der Waals surface area contributed by atoms with Crippen molar-refractivity contribution >= 4 is 60.7 Å². The Morgan fingerprint density at radius 1 is 0.483 bits per heavy atom. The summed E-state index contributed by atoms with van der Waals surface area (Å²) in [5, 5.41) is 2.05. The van der Waals surface area contributed by atoms with E-state index in [9.17, 15) is 18.7 Å². The lowest BCUT2D eigenvalue weighted by Crippen LogP contribution is -2.06. The molecule has 0 N–H and O–H groups in total. The molecule has 0 spiro atoms. The minimum atomic E-state index is -2.45. The third-order valence-electron chi connectivity index (χ3n) is 10.2. The second-order valence-electron chi connectivity index (χ2n) is 15.3. The average Bonchev–Trinajstić information content (AvgIpc) is 3.22. The Morgan fingerprint density at radius 3 is 1.22 bits per heavy atom. The Balaban J connectivity index is 1.16. The molecule has 0 radical (unpaired) electrons. The Morgan fingerprint density at radius 2 is 0.850 bits per heavy atom. The molecule has 6 aromatic rings. The molecule has 0 aliphatic heterocycles. The minimum absolute atomic E-state index is 0.162. The molecule has 0 aliphatic carbocycles. The molecule has 6 aromatic carbocycles. The van der Waals surface area contributed by atoms with Gasteiger partial charge < -0.3 is 28.1 Å². The van der Waals surface area contributed by atoms with Gasteiger partial charge in [-0.25, -0.2) is 0 Å². The van der Waals surface area contributed by atoms with E-state index in [4.69, 9.17) is 42.1 Å². The van der Waals surface area contributed by atoms with Crippen molar-refractivity contribution in [3.8, 4) is 34.1 Å². The first-order valence-electron chi connectivity index (χ1n) is 19.1. The zero-order valence-corrected chi connectivity index (χ0v) is 37.6. The van der Waals surface area contributed by atoms with Crippen molar-refractivity contribution in [1.82, 2.24) is 0 Å². The maximum Gasteiger partial charge on any atom is 0.153 e. The van der Waals surface area contributed by atoms with E-state index < -0.39 is 14.3 Å². The van der Waals surface area contributed by atoms with Gasteiger partial charge in [0.25, 0.3) is 0 Å². The molecule has 0 aliphatic rings. The number of hydrogen-bond acceptors (Lipinski definition) is 8. The third-order valence-corrected chi connectivity index (χ3v) is 13.8. The first-order chi connectivity index (χ1) is 28.5.